The molecule has 0 bridgehead atoms. The van der Waals surface area contributed by atoms with Crippen molar-refractivity contribution >= 4 is 15.9 Å². The van der Waals surface area contributed by atoms with Crippen LogP contribution in [0, 0.1) is 0 Å². The molecule has 0 spiro atoms. The summed E-state index contributed by atoms with van der Waals surface area (Å²) in [6.45, 7) is 0.882. The minimum absolute atomic E-state index is 0.0496. The predicted octanol–water partition coefficient (Wildman–Crippen LogP) is -0.995. The van der Waals surface area contributed by atoms with Gasteiger partial charge in [0.15, 0.2) is 0 Å². The molecule has 1 aliphatic heterocycles. The molecule has 0 radical (unpaired) electrons. The Kier molecular flexibility index (Phi) is 4.69. The standard InChI is InChI=1S/C9H19N3O3S/c10-5-1-2-7-16(14,15)12-6-3-4-8(12)9(11)13/h8H,1-7,10H2,(H2,11,13). The number of sulfonamides is 1. The Morgan fingerprint density at radius 2 is 2.06 bits per heavy atom. The van der Waals surface area contributed by atoms with Crippen LogP contribution in [0.25, 0.3) is 0 Å². The normalized spacial score (nSPS) is 22.4. The van der Waals surface area contributed by atoms with Crippen molar-refractivity contribution < 1.29 is 13.2 Å². The van der Waals surface area contributed by atoms with Crippen molar-refractivity contribution in [3.05, 3.63) is 0 Å². The van der Waals surface area contributed by atoms with Gasteiger partial charge in [-0.2, -0.15) is 4.31 Å². The molecule has 1 atom stereocenters. The Labute approximate surface area is 96.0 Å². The van der Waals surface area contributed by atoms with E-state index in [9.17, 15) is 13.2 Å². The van der Waals surface area contributed by atoms with Crippen LogP contribution in [0.5, 0.6) is 0 Å². The molecule has 1 saturated heterocycles. The van der Waals surface area contributed by atoms with Crippen molar-refractivity contribution in [2.24, 2.45) is 11.5 Å². The Hall–Kier alpha value is -0.660. The molecule has 4 N–H and O–H groups in total. The Morgan fingerprint density at radius 3 is 2.62 bits per heavy atom. The maximum Gasteiger partial charge on any atom is 0.235 e. The van der Waals surface area contributed by atoms with Crippen LogP contribution in [0.1, 0.15) is 25.7 Å². The number of amides is 1. The van der Waals surface area contributed by atoms with E-state index in [1.165, 1.54) is 4.31 Å². The number of carbonyl (C=O) groups is 1. The number of primary amides is 1. The first-order valence-electron chi connectivity index (χ1n) is 5.48. The SMILES string of the molecule is NCCCCS(=O)(=O)N1CCCC1C(N)=O. The molecule has 1 fully saturated rings. The van der Waals surface area contributed by atoms with E-state index in [2.05, 4.69) is 0 Å². The zero-order chi connectivity index (χ0) is 12.2. The number of carbonyl (C=O) groups excluding carboxylic acids is 1. The lowest BCUT2D eigenvalue weighted by Gasteiger charge is -2.21. The largest absolute Gasteiger partial charge is 0.368 e. The van der Waals surface area contributed by atoms with Gasteiger partial charge in [-0.1, -0.05) is 0 Å². The minimum atomic E-state index is -3.35. The van der Waals surface area contributed by atoms with Crippen LogP contribution in [0.2, 0.25) is 0 Å². The molecule has 0 aromatic carbocycles. The van der Waals surface area contributed by atoms with Gasteiger partial charge in [-0.25, -0.2) is 8.42 Å². The maximum absolute atomic E-state index is 11.9. The van der Waals surface area contributed by atoms with Gasteiger partial charge >= 0.3 is 0 Å². The van der Waals surface area contributed by atoms with E-state index >= 15 is 0 Å². The molecule has 0 aromatic heterocycles. The number of rotatable bonds is 6. The molecule has 1 heterocycles. The highest BCUT2D eigenvalue weighted by Crippen LogP contribution is 2.21. The fourth-order valence-corrected chi connectivity index (χ4v) is 3.71. The summed E-state index contributed by atoms with van der Waals surface area (Å²) in [4.78, 5) is 11.1. The van der Waals surface area contributed by atoms with Crippen LogP contribution < -0.4 is 11.5 Å². The lowest BCUT2D eigenvalue weighted by Crippen LogP contribution is -2.44. The van der Waals surface area contributed by atoms with Gasteiger partial charge in [0.25, 0.3) is 0 Å². The number of nitrogens with zero attached hydrogens (tertiary/aromatic N) is 1. The second kappa shape index (κ2) is 5.60. The smallest absolute Gasteiger partial charge is 0.235 e. The molecule has 94 valence electrons. The lowest BCUT2D eigenvalue weighted by atomic mass is 10.2. The summed E-state index contributed by atoms with van der Waals surface area (Å²) in [5.41, 5.74) is 10.5. The highest BCUT2D eigenvalue weighted by molar-refractivity contribution is 7.89. The van der Waals surface area contributed by atoms with Crippen molar-refractivity contribution in [2.75, 3.05) is 18.8 Å². The summed E-state index contributed by atoms with van der Waals surface area (Å²) in [5, 5.41) is 0. The predicted molar refractivity (Wildman–Crippen MR) is 61.0 cm³/mol. The van der Waals surface area contributed by atoms with Gasteiger partial charge in [-0.05, 0) is 32.2 Å². The van der Waals surface area contributed by atoms with Gasteiger partial charge in [0, 0.05) is 6.54 Å². The second-order valence-electron chi connectivity index (χ2n) is 3.98. The van der Waals surface area contributed by atoms with E-state index < -0.39 is 22.0 Å². The third-order valence-corrected chi connectivity index (χ3v) is 4.70. The van der Waals surface area contributed by atoms with E-state index in [1.54, 1.807) is 0 Å². The maximum atomic E-state index is 11.9. The molecule has 1 aliphatic rings. The number of unbranched alkanes of at least 4 members (excludes halogenated alkanes) is 1. The van der Waals surface area contributed by atoms with E-state index in [4.69, 9.17) is 11.5 Å². The molecular weight excluding hydrogens is 230 g/mol. The van der Waals surface area contributed by atoms with Gasteiger partial charge in [0.1, 0.15) is 6.04 Å². The van der Waals surface area contributed by atoms with Crippen molar-refractivity contribution in [3.63, 3.8) is 0 Å². The van der Waals surface area contributed by atoms with Crippen molar-refractivity contribution in [2.45, 2.75) is 31.7 Å². The third kappa shape index (κ3) is 3.16. The third-order valence-electron chi connectivity index (χ3n) is 2.75. The summed E-state index contributed by atoms with van der Waals surface area (Å²) in [6, 6.07) is -0.650. The molecular formula is C9H19N3O3S. The lowest BCUT2D eigenvalue weighted by molar-refractivity contribution is -0.121. The summed E-state index contributed by atoms with van der Waals surface area (Å²) in [7, 11) is -3.35. The fourth-order valence-electron chi connectivity index (χ4n) is 1.90. The van der Waals surface area contributed by atoms with Crippen molar-refractivity contribution in [1.29, 1.82) is 0 Å². The molecule has 6 nitrogen and oxygen atoms in total. The van der Waals surface area contributed by atoms with Crippen LogP contribution in [0.15, 0.2) is 0 Å². The van der Waals surface area contributed by atoms with Gasteiger partial charge in [-0.15, -0.1) is 0 Å². The zero-order valence-electron chi connectivity index (χ0n) is 9.26. The first-order valence-corrected chi connectivity index (χ1v) is 7.09. The molecule has 1 amide bonds. The van der Waals surface area contributed by atoms with Crippen LogP contribution in [0.4, 0.5) is 0 Å². The highest BCUT2D eigenvalue weighted by Gasteiger charge is 2.36. The van der Waals surface area contributed by atoms with E-state index in [0.717, 1.165) is 0 Å². The fraction of sp³-hybridized carbons (Fsp3) is 0.889. The number of nitrogens with two attached hydrogens (primary N) is 2. The number of hydrogen-bond acceptors (Lipinski definition) is 4. The van der Waals surface area contributed by atoms with E-state index in [1.807, 2.05) is 0 Å². The summed E-state index contributed by atoms with van der Waals surface area (Å²) >= 11 is 0. The molecule has 16 heavy (non-hydrogen) atoms. The highest BCUT2D eigenvalue weighted by atomic mass is 32.2. The van der Waals surface area contributed by atoms with E-state index in [0.29, 0.717) is 38.8 Å². The second-order valence-corrected chi connectivity index (χ2v) is 6.02. The Bertz CT molecular complexity index is 342. The first kappa shape index (κ1) is 13.4. The summed E-state index contributed by atoms with van der Waals surface area (Å²) in [5.74, 6) is -0.506. The van der Waals surface area contributed by atoms with Gasteiger partial charge in [0.05, 0.1) is 5.75 Å². The Balaban J connectivity index is 2.63. The Morgan fingerprint density at radius 1 is 1.38 bits per heavy atom. The van der Waals surface area contributed by atoms with Crippen LogP contribution >= 0.6 is 0 Å². The van der Waals surface area contributed by atoms with Crippen LogP contribution in [-0.4, -0.2) is 43.5 Å². The zero-order valence-corrected chi connectivity index (χ0v) is 10.1. The molecule has 1 rings (SSSR count). The average Bonchev–Trinajstić information content (AvgIpc) is 2.66. The molecule has 7 heteroatoms. The monoisotopic (exact) mass is 249 g/mol. The van der Waals surface area contributed by atoms with Gasteiger partial charge < -0.3 is 11.5 Å². The topological polar surface area (TPSA) is 106 Å². The van der Waals surface area contributed by atoms with Gasteiger partial charge in [0.2, 0.25) is 15.9 Å². The quantitative estimate of drug-likeness (QED) is 0.589. The molecule has 0 aliphatic carbocycles. The van der Waals surface area contributed by atoms with Crippen molar-refractivity contribution in [3.8, 4) is 0 Å². The van der Waals surface area contributed by atoms with Crippen LogP contribution in [0.3, 0.4) is 0 Å². The van der Waals surface area contributed by atoms with E-state index in [-0.39, 0.29) is 5.75 Å². The van der Waals surface area contributed by atoms with Crippen LogP contribution in [-0.2, 0) is 14.8 Å². The summed E-state index contributed by atoms with van der Waals surface area (Å²) < 4.78 is 25.0. The molecule has 0 saturated carbocycles. The molecule has 1 unspecified atom stereocenters. The average molecular weight is 249 g/mol. The van der Waals surface area contributed by atoms with Crippen molar-refractivity contribution in [1.82, 2.24) is 4.31 Å². The first-order chi connectivity index (χ1) is 7.49. The summed E-state index contributed by atoms with van der Waals surface area (Å²) in [6.07, 6.45) is 2.43. The minimum Gasteiger partial charge on any atom is -0.368 e. The number of hydrogen-bond donors (Lipinski definition) is 2. The van der Waals surface area contributed by atoms with Gasteiger partial charge in [-0.3, -0.25) is 4.79 Å². The molecule has 0 aromatic rings.